The first kappa shape index (κ1) is 21.9. The first-order valence-corrected chi connectivity index (χ1v) is 8.15. The third-order valence-electron chi connectivity index (χ3n) is 2.50. The third kappa shape index (κ3) is 9.54. The Labute approximate surface area is 140 Å². The van der Waals surface area contributed by atoms with Crippen LogP contribution in [0.3, 0.4) is 0 Å². The minimum absolute atomic E-state index is 0. The van der Waals surface area contributed by atoms with E-state index in [0.717, 1.165) is 12.5 Å². The Morgan fingerprint density at radius 3 is 2.50 bits per heavy atom. The van der Waals surface area contributed by atoms with E-state index in [4.69, 9.17) is 0 Å². The van der Waals surface area contributed by atoms with Crippen molar-refractivity contribution in [3.8, 4) is 0 Å². The molecule has 0 saturated heterocycles. The normalized spacial score (nSPS) is 11.9. The molecule has 8 heteroatoms. The van der Waals surface area contributed by atoms with E-state index >= 15 is 0 Å². The topological polar surface area (TPSA) is 73.8 Å². The summed E-state index contributed by atoms with van der Waals surface area (Å²) < 4.78 is 24.4. The Bertz CT molecular complexity index is 385. The molecule has 0 unspecified atom stereocenters. The summed E-state index contributed by atoms with van der Waals surface area (Å²) in [5, 5.41) is 6.20. The van der Waals surface area contributed by atoms with E-state index in [1.807, 2.05) is 6.92 Å². The molecule has 0 amide bonds. The molecule has 0 fully saturated rings. The second-order valence-electron chi connectivity index (χ2n) is 4.01. The van der Waals surface area contributed by atoms with Gasteiger partial charge in [0.15, 0.2) is 5.96 Å². The van der Waals surface area contributed by atoms with Gasteiger partial charge in [0.25, 0.3) is 0 Å². The molecule has 0 aliphatic rings. The van der Waals surface area contributed by atoms with Crippen LogP contribution < -0.4 is 10.6 Å². The van der Waals surface area contributed by atoms with Gasteiger partial charge in [0, 0.05) is 33.2 Å². The maximum atomic E-state index is 11.5. The largest absolute Gasteiger partial charge is 0.357 e. The summed E-state index contributed by atoms with van der Waals surface area (Å²) in [4.78, 5) is 4.36. The number of hydrogen-bond acceptors (Lipinski definition) is 3. The SMILES string of the molecule is C=CCNC(=NCCCN(C)S(=O)(=O)CC)NCC.I. The van der Waals surface area contributed by atoms with E-state index in [9.17, 15) is 8.42 Å². The van der Waals surface area contributed by atoms with Crippen LogP contribution >= 0.6 is 24.0 Å². The van der Waals surface area contributed by atoms with Crippen molar-refractivity contribution in [3.05, 3.63) is 12.7 Å². The van der Waals surface area contributed by atoms with E-state index in [1.54, 1.807) is 20.0 Å². The lowest BCUT2D eigenvalue weighted by atomic mass is 10.4. The fourth-order valence-electron chi connectivity index (χ4n) is 1.35. The number of sulfonamides is 1. The minimum atomic E-state index is -3.08. The monoisotopic (exact) mass is 418 g/mol. The third-order valence-corrected chi connectivity index (χ3v) is 4.36. The highest BCUT2D eigenvalue weighted by molar-refractivity contribution is 14.0. The number of hydrogen-bond donors (Lipinski definition) is 2. The van der Waals surface area contributed by atoms with Crippen molar-refractivity contribution in [1.29, 1.82) is 0 Å². The summed E-state index contributed by atoms with van der Waals surface area (Å²) >= 11 is 0. The van der Waals surface area contributed by atoms with Gasteiger partial charge in [-0.15, -0.1) is 30.6 Å². The maximum absolute atomic E-state index is 11.5. The molecule has 0 aromatic heterocycles. The fraction of sp³-hybridized carbons (Fsp3) is 0.750. The zero-order chi connectivity index (χ0) is 14.7. The summed E-state index contributed by atoms with van der Waals surface area (Å²) in [6, 6.07) is 0. The van der Waals surface area contributed by atoms with Crippen LogP contribution in [0.5, 0.6) is 0 Å². The molecule has 6 nitrogen and oxygen atoms in total. The van der Waals surface area contributed by atoms with E-state index in [0.29, 0.717) is 26.1 Å². The van der Waals surface area contributed by atoms with Gasteiger partial charge < -0.3 is 10.6 Å². The lowest BCUT2D eigenvalue weighted by Gasteiger charge is -2.15. The standard InChI is InChI=1S/C12H26N4O2S.HI/c1-5-9-14-12(13-6-2)15-10-8-11-16(4)19(17,18)7-3;/h5H,1,6-11H2,2-4H3,(H2,13,14,15);1H. The molecule has 0 aliphatic carbocycles. The second kappa shape index (κ2) is 12.4. The summed E-state index contributed by atoms with van der Waals surface area (Å²) in [5.74, 6) is 0.861. The van der Waals surface area contributed by atoms with Gasteiger partial charge in [0.05, 0.1) is 5.75 Å². The van der Waals surface area contributed by atoms with Crippen LogP contribution in [0.25, 0.3) is 0 Å². The van der Waals surface area contributed by atoms with Crippen molar-refractivity contribution in [3.63, 3.8) is 0 Å². The summed E-state index contributed by atoms with van der Waals surface area (Å²) in [6.07, 6.45) is 2.45. The molecule has 0 rings (SSSR count). The second-order valence-corrected chi connectivity index (χ2v) is 6.37. The van der Waals surface area contributed by atoms with Gasteiger partial charge in [-0.3, -0.25) is 4.99 Å². The molecule has 0 spiro atoms. The van der Waals surface area contributed by atoms with E-state index in [-0.39, 0.29) is 29.7 Å². The summed E-state index contributed by atoms with van der Waals surface area (Å²) in [5.41, 5.74) is 0. The highest BCUT2D eigenvalue weighted by Crippen LogP contribution is 1.98. The van der Waals surface area contributed by atoms with Gasteiger partial charge in [-0.2, -0.15) is 0 Å². The van der Waals surface area contributed by atoms with Crippen molar-refractivity contribution in [2.75, 3.05) is 39.0 Å². The molecule has 20 heavy (non-hydrogen) atoms. The number of guanidine groups is 1. The van der Waals surface area contributed by atoms with Crippen molar-refractivity contribution >= 4 is 40.0 Å². The Morgan fingerprint density at radius 2 is 2.00 bits per heavy atom. The number of rotatable bonds is 9. The highest BCUT2D eigenvalue weighted by Gasteiger charge is 2.13. The minimum Gasteiger partial charge on any atom is -0.357 e. The fourth-order valence-corrected chi connectivity index (χ4v) is 2.20. The number of nitrogens with one attached hydrogen (secondary N) is 2. The molecular formula is C12H27IN4O2S. The van der Waals surface area contributed by atoms with Crippen molar-refractivity contribution < 1.29 is 8.42 Å². The Morgan fingerprint density at radius 1 is 1.35 bits per heavy atom. The average Bonchev–Trinajstić information content (AvgIpc) is 2.40. The van der Waals surface area contributed by atoms with Gasteiger partial charge in [-0.05, 0) is 20.3 Å². The molecule has 0 saturated carbocycles. The lowest BCUT2D eigenvalue weighted by molar-refractivity contribution is 0.465. The van der Waals surface area contributed by atoms with Gasteiger partial charge in [0.2, 0.25) is 10.0 Å². The molecule has 120 valence electrons. The average molecular weight is 418 g/mol. The number of nitrogens with zero attached hydrogens (tertiary/aromatic N) is 2. The van der Waals surface area contributed by atoms with Crippen LogP contribution in [0.15, 0.2) is 17.6 Å². The lowest BCUT2D eigenvalue weighted by Crippen LogP contribution is -2.37. The quantitative estimate of drug-likeness (QED) is 0.193. The van der Waals surface area contributed by atoms with Crippen LogP contribution in [-0.4, -0.2) is 57.7 Å². The van der Waals surface area contributed by atoms with Gasteiger partial charge in [-0.1, -0.05) is 6.08 Å². The van der Waals surface area contributed by atoms with E-state index in [2.05, 4.69) is 22.2 Å². The van der Waals surface area contributed by atoms with Crippen LogP contribution in [0.1, 0.15) is 20.3 Å². The van der Waals surface area contributed by atoms with E-state index in [1.165, 1.54) is 4.31 Å². The van der Waals surface area contributed by atoms with Gasteiger partial charge in [0.1, 0.15) is 0 Å². The van der Waals surface area contributed by atoms with Gasteiger partial charge in [-0.25, -0.2) is 12.7 Å². The van der Waals surface area contributed by atoms with Crippen molar-refractivity contribution in [2.45, 2.75) is 20.3 Å². The molecule has 2 N–H and O–H groups in total. The molecule has 0 radical (unpaired) electrons. The van der Waals surface area contributed by atoms with Gasteiger partial charge >= 0.3 is 0 Å². The van der Waals surface area contributed by atoms with E-state index < -0.39 is 10.0 Å². The maximum Gasteiger partial charge on any atom is 0.213 e. The highest BCUT2D eigenvalue weighted by atomic mass is 127. The first-order chi connectivity index (χ1) is 8.97. The number of aliphatic imine (C=N–C) groups is 1. The molecule has 0 aromatic rings. The first-order valence-electron chi connectivity index (χ1n) is 6.55. The van der Waals surface area contributed by atoms with Crippen LogP contribution in [-0.2, 0) is 10.0 Å². The number of halogens is 1. The summed E-state index contributed by atoms with van der Waals surface area (Å²) in [6.45, 7) is 9.77. The smallest absolute Gasteiger partial charge is 0.213 e. The molecule has 0 aliphatic heterocycles. The zero-order valence-corrected chi connectivity index (χ0v) is 15.7. The van der Waals surface area contributed by atoms with Crippen molar-refractivity contribution in [2.24, 2.45) is 4.99 Å². The van der Waals surface area contributed by atoms with Crippen LogP contribution in [0, 0.1) is 0 Å². The Hall–Kier alpha value is -0.350. The van der Waals surface area contributed by atoms with Crippen LogP contribution in [0.2, 0.25) is 0 Å². The van der Waals surface area contributed by atoms with Crippen LogP contribution in [0.4, 0.5) is 0 Å². The molecular weight excluding hydrogens is 391 g/mol. The molecule has 0 heterocycles. The predicted molar refractivity (Wildman–Crippen MR) is 96.3 cm³/mol. The summed E-state index contributed by atoms with van der Waals surface area (Å²) in [7, 11) is -1.48. The Balaban J connectivity index is 0. The Kier molecular flexibility index (Phi) is 13.6. The molecule has 0 bridgehead atoms. The molecule has 0 atom stereocenters. The molecule has 0 aromatic carbocycles. The predicted octanol–water partition coefficient (Wildman–Crippen LogP) is 1.02. The van der Waals surface area contributed by atoms with Crippen molar-refractivity contribution in [1.82, 2.24) is 14.9 Å². The zero-order valence-electron chi connectivity index (χ0n) is 12.6.